The molecule has 1 aliphatic heterocycles. The van der Waals surface area contributed by atoms with Crippen molar-refractivity contribution in [3.8, 4) is 11.5 Å². The molecule has 0 saturated carbocycles. The summed E-state index contributed by atoms with van der Waals surface area (Å²) in [5, 5.41) is 14.5. The summed E-state index contributed by atoms with van der Waals surface area (Å²) >= 11 is 6.04. The van der Waals surface area contributed by atoms with Gasteiger partial charge < -0.3 is 14.8 Å². The molecular weight excluding hydrogens is 296 g/mol. The van der Waals surface area contributed by atoms with Gasteiger partial charge in [-0.3, -0.25) is 10.1 Å². The van der Waals surface area contributed by atoms with Gasteiger partial charge in [0.25, 0.3) is 5.69 Å². The van der Waals surface area contributed by atoms with Crippen LogP contribution in [0, 0.1) is 10.1 Å². The Morgan fingerprint density at radius 3 is 2.86 bits per heavy atom. The number of nitrogens with one attached hydrogen (secondary N) is 1. The minimum atomic E-state index is -0.442. The number of ether oxygens (including phenoxy) is 2. The van der Waals surface area contributed by atoms with Crippen molar-refractivity contribution < 1.29 is 14.4 Å². The van der Waals surface area contributed by atoms with E-state index < -0.39 is 4.92 Å². The molecule has 0 fully saturated rings. The van der Waals surface area contributed by atoms with Gasteiger partial charge in [-0.2, -0.15) is 0 Å². The number of benzene rings is 2. The molecular formula is C14H11ClN2O4. The molecule has 1 heterocycles. The Morgan fingerprint density at radius 2 is 2.05 bits per heavy atom. The molecule has 0 amide bonds. The Bertz CT molecular complexity index is 705. The van der Waals surface area contributed by atoms with E-state index in [-0.39, 0.29) is 19.0 Å². The van der Waals surface area contributed by atoms with Gasteiger partial charge in [0.15, 0.2) is 11.5 Å². The van der Waals surface area contributed by atoms with E-state index in [0.29, 0.717) is 22.1 Å². The number of nitrogens with zero attached hydrogens (tertiary/aromatic N) is 1. The molecule has 1 aliphatic rings. The largest absolute Gasteiger partial charge is 0.454 e. The Labute approximate surface area is 125 Å². The summed E-state index contributed by atoms with van der Waals surface area (Å²) in [7, 11) is 0. The number of halogens is 1. The van der Waals surface area contributed by atoms with E-state index in [1.54, 1.807) is 24.3 Å². The Hall–Kier alpha value is -2.47. The number of nitro groups is 1. The average molecular weight is 307 g/mol. The van der Waals surface area contributed by atoms with Gasteiger partial charge >= 0.3 is 0 Å². The van der Waals surface area contributed by atoms with E-state index in [1.807, 2.05) is 6.07 Å². The van der Waals surface area contributed by atoms with Crippen LogP contribution in [0.5, 0.6) is 11.5 Å². The van der Waals surface area contributed by atoms with Gasteiger partial charge in [-0.25, -0.2) is 0 Å². The molecule has 0 aromatic heterocycles. The van der Waals surface area contributed by atoms with E-state index in [4.69, 9.17) is 21.1 Å². The molecule has 108 valence electrons. The van der Waals surface area contributed by atoms with Crippen LogP contribution in [0.4, 0.5) is 11.4 Å². The quantitative estimate of drug-likeness (QED) is 0.690. The summed E-state index contributed by atoms with van der Waals surface area (Å²) in [5.74, 6) is 1.33. The maximum atomic E-state index is 11.0. The number of hydrogen-bond donors (Lipinski definition) is 1. The van der Waals surface area contributed by atoms with E-state index in [0.717, 1.165) is 5.69 Å². The third kappa shape index (κ3) is 2.71. The van der Waals surface area contributed by atoms with Crippen LogP contribution >= 0.6 is 11.6 Å². The fraction of sp³-hybridized carbons (Fsp3) is 0.143. The minimum Gasteiger partial charge on any atom is -0.454 e. The molecule has 6 nitrogen and oxygen atoms in total. The smallest absolute Gasteiger partial charge is 0.275 e. The SMILES string of the molecule is O=[N+]([O-])c1cccc(Cl)c1CNc1ccc2c(c1)OCO2. The first kappa shape index (κ1) is 13.5. The first-order valence-corrected chi connectivity index (χ1v) is 6.58. The van der Waals surface area contributed by atoms with Crippen LogP contribution in [0.2, 0.25) is 5.02 Å². The van der Waals surface area contributed by atoms with Crippen LogP contribution in [-0.2, 0) is 6.54 Å². The number of hydrogen-bond acceptors (Lipinski definition) is 5. The van der Waals surface area contributed by atoms with Crippen LogP contribution in [0.3, 0.4) is 0 Å². The van der Waals surface area contributed by atoms with Gasteiger partial charge in [0.1, 0.15) is 0 Å². The standard InChI is InChI=1S/C14H11ClN2O4/c15-11-2-1-3-12(17(18)19)10(11)7-16-9-4-5-13-14(6-9)21-8-20-13/h1-6,16H,7-8H2. The number of anilines is 1. The monoisotopic (exact) mass is 306 g/mol. The Kier molecular flexibility index (Phi) is 3.53. The summed E-state index contributed by atoms with van der Waals surface area (Å²) in [6.45, 7) is 0.449. The summed E-state index contributed by atoms with van der Waals surface area (Å²) in [6, 6.07) is 10.0. The molecule has 3 rings (SSSR count). The second-order valence-corrected chi connectivity index (χ2v) is 4.82. The molecule has 2 aromatic rings. The molecule has 0 spiro atoms. The lowest BCUT2D eigenvalue weighted by molar-refractivity contribution is -0.385. The maximum absolute atomic E-state index is 11.0. The van der Waals surface area contributed by atoms with Crippen LogP contribution in [0.1, 0.15) is 5.56 Å². The lowest BCUT2D eigenvalue weighted by Gasteiger charge is -2.09. The van der Waals surface area contributed by atoms with Crippen molar-refractivity contribution in [3.63, 3.8) is 0 Å². The number of nitro benzene ring substituents is 1. The fourth-order valence-electron chi connectivity index (χ4n) is 2.09. The molecule has 1 N–H and O–H groups in total. The van der Waals surface area contributed by atoms with Crippen molar-refractivity contribution >= 4 is 23.0 Å². The first-order valence-electron chi connectivity index (χ1n) is 6.20. The zero-order chi connectivity index (χ0) is 14.8. The van der Waals surface area contributed by atoms with Crippen molar-refractivity contribution in [2.75, 3.05) is 12.1 Å². The molecule has 21 heavy (non-hydrogen) atoms. The van der Waals surface area contributed by atoms with E-state index in [9.17, 15) is 10.1 Å². The Balaban J connectivity index is 1.80. The highest BCUT2D eigenvalue weighted by Crippen LogP contribution is 2.35. The molecule has 7 heteroatoms. The van der Waals surface area contributed by atoms with E-state index in [2.05, 4.69) is 5.32 Å². The van der Waals surface area contributed by atoms with Crippen molar-refractivity contribution in [2.45, 2.75) is 6.54 Å². The van der Waals surface area contributed by atoms with Crippen molar-refractivity contribution in [3.05, 3.63) is 57.1 Å². The second-order valence-electron chi connectivity index (χ2n) is 4.42. The minimum absolute atomic E-state index is 0.00394. The Morgan fingerprint density at radius 1 is 1.24 bits per heavy atom. The zero-order valence-electron chi connectivity index (χ0n) is 10.8. The van der Waals surface area contributed by atoms with Crippen LogP contribution in [0.25, 0.3) is 0 Å². The summed E-state index contributed by atoms with van der Waals surface area (Å²) in [6.07, 6.45) is 0. The lowest BCUT2D eigenvalue weighted by atomic mass is 10.1. The summed E-state index contributed by atoms with van der Waals surface area (Å²) in [5.41, 5.74) is 1.21. The predicted molar refractivity (Wildman–Crippen MR) is 78.0 cm³/mol. The predicted octanol–water partition coefficient (Wildman–Crippen LogP) is 3.59. The molecule has 2 aromatic carbocycles. The average Bonchev–Trinajstić information content (AvgIpc) is 2.93. The van der Waals surface area contributed by atoms with Crippen molar-refractivity contribution in [1.29, 1.82) is 0 Å². The zero-order valence-corrected chi connectivity index (χ0v) is 11.6. The summed E-state index contributed by atoms with van der Waals surface area (Å²) in [4.78, 5) is 10.6. The van der Waals surface area contributed by atoms with Gasteiger partial charge in [0, 0.05) is 24.4 Å². The van der Waals surface area contributed by atoms with Crippen LogP contribution in [-0.4, -0.2) is 11.7 Å². The third-order valence-electron chi connectivity index (χ3n) is 3.13. The third-order valence-corrected chi connectivity index (χ3v) is 3.49. The van der Waals surface area contributed by atoms with Gasteiger partial charge in [0.2, 0.25) is 6.79 Å². The highest BCUT2D eigenvalue weighted by Gasteiger charge is 2.17. The fourth-order valence-corrected chi connectivity index (χ4v) is 2.33. The van der Waals surface area contributed by atoms with Crippen LogP contribution in [0.15, 0.2) is 36.4 Å². The number of rotatable bonds is 4. The van der Waals surface area contributed by atoms with Gasteiger partial charge in [-0.15, -0.1) is 0 Å². The molecule has 0 aliphatic carbocycles. The van der Waals surface area contributed by atoms with Gasteiger partial charge in [-0.1, -0.05) is 17.7 Å². The highest BCUT2D eigenvalue weighted by atomic mass is 35.5. The van der Waals surface area contributed by atoms with E-state index >= 15 is 0 Å². The van der Waals surface area contributed by atoms with E-state index in [1.165, 1.54) is 6.07 Å². The van der Waals surface area contributed by atoms with Crippen molar-refractivity contribution in [2.24, 2.45) is 0 Å². The van der Waals surface area contributed by atoms with Crippen molar-refractivity contribution in [1.82, 2.24) is 0 Å². The molecule has 0 unspecified atom stereocenters. The van der Waals surface area contributed by atoms with Crippen LogP contribution < -0.4 is 14.8 Å². The maximum Gasteiger partial charge on any atom is 0.275 e. The second kappa shape index (κ2) is 5.49. The molecule has 0 radical (unpaired) electrons. The normalized spacial score (nSPS) is 12.2. The molecule has 0 atom stereocenters. The summed E-state index contributed by atoms with van der Waals surface area (Å²) < 4.78 is 10.5. The van der Waals surface area contributed by atoms with Gasteiger partial charge in [0.05, 0.1) is 15.5 Å². The highest BCUT2D eigenvalue weighted by molar-refractivity contribution is 6.31. The lowest BCUT2D eigenvalue weighted by Crippen LogP contribution is -2.04. The topological polar surface area (TPSA) is 73.6 Å². The molecule has 0 saturated heterocycles. The molecule has 0 bridgehead atoms. The van der Waals surface area contributed by atoms with Gasteiger partial charge in [-0.05, 0) is 18.2 Å². The number of fused-ring (bicyclic) bond motifs is 1. The first-order chi connectivity index (χ1) is 10.1.